The first-order valence-electron chi connectivity index (χ1n) is 5.96. The number of hydrogen-bond donors (Lipinski definition) is 0. The van der Waals surface area contributed by atoms with Gasteiger partial charge in [-0.3, -0.25) is 4.79 Å². The third-order valence-electron chi connectivity index (χ3n) is 4.61. The summed E-state index contributed by atoms with van der Waals surface area (Å²) in [6.45, 7) is 6.59. The second-order valence-electron chi connectivity index (χ2n) is 6.12. The first-order chi connectivity index (χ1) is 7.40. The molecule has 3 nitrogen and oxygen atoms in total. The third kappa shape index (κ3) is 1.52. The van der Waals surface area contributed by atoms with Crippen LogP contribution in [0.2, 0.25) is 0 Å². The monoisotopic (exact) mass is 221 g/mol. The summed E-state index contributed by atoms with van der Waals surface area (Å²) in [6.07, 6.45) is 3.40. The van der Waals surface area contributed by atoms with E-state index in [-0.39, 0.29) is 29.3 Å². The first-order valence-corrected chi connectivity index (χ1v) is 5.96. The van der Waals surface area contributed by atoms with Gasteiger partial charge in [-0.05, 0) is 25.2 Å². The van der Waals surface area contributed by atoms with Gasteiger partial charge in [-0.1, -0.05) is 20.8 Å². The van der Waals surface area contributed by atoms with Gasteiger partial charge in [0.2, 0.25) is 0 Å². The zero-order valence-electron chi connectivity index (χ0n) is 10.2. The van der Waals surface area contributed by atoms with Gasteiger partial charge in [0.25, 0.3) is 0 Å². The summed E-state index contributed by atoms with van der Waals surface area (Å²) in [6, 6.07) is 1.85. The van der Waals surface area contributed by atoms with Crippen LogP contribution in [-0.2, 0) is 9.53 Å². The lowest BCUT2D eigenvalue weighted by molar-refractivity contribution is -0.163. The molecule has 88 valence electrons. The average Bonchev–Trinajstić information content (AvgIpc) is 2.64. The largest absolute Gasteiger partial charge is 0.460 e. The number of ether oxygens (including phenoxy) is 1. The average molecular weight is 221 g/mol. The van der Waals surface area contributed by atoms with Crippen LogP contribution in [0.4, 0.5) is 0 Å². The van der Waals surface area contributed by atoms with E-state index in [9.17, 15) is 4.79 Å². The molecule has 0 N–H and O–H groups in total. The molecule has 0 aromatic heterocycles. The van der Waals surface area contributed by atoms with E-state index >= 15 is 0 Å². The number of fused-ring (bicyclic) bond motifs is 2. The summed E-state index contributed by atoms with van der Waals surface area (Å²) in [7, 11) is 0. The highest BCUT2D eigenvalue weighted by Crippen LogP contribution is 2.63. The van der Waals surface area contributed by atoms with E-state index in [2.05, 4.69) is 20.8 Å². The number of nitrogens with zero attached hydrogens (tertiary/aromatic N) is 1. The summed E-state index contributed by atoms with van der Waals surface area (Å²) in [5.74, 6) is 0.298. The Kier molecular flexibility index (Phi) is 2.49. The van der Waals surface area contributed by atoms with E-state index in [1.165, 1.54) is 6.42 Å². The molecule has 2 rings (SSSR count). The fourth-order valence-corrected chi connectivity index (χ4v) is 3.79. The molecule has 2 saturated carbocycles. The molecule has 2 aliphatic rings. The molecule has 0 radical (unpaired) electrons. The highest BCUT2D eigenvalue weighted by molar-refractivity contribution is 5.72. The number of esters is 1. The molecule has 0 aromatic rings. The summed E-state index contributed by atoms with van der Waals surface area (Å²) < 4.78 is 5.54. The van der Waals surface area contributed by atoms with E-state index in [0.29, 0.717) is 5.92 Å². The lowest BCUT2D eigenvalue weighted by Gasteiger charge is -2.41. The van der Waals surface area contributed by atoms with Gasteiger partial charge >= 0.3 is 5.97 Å². The van der Waals surface area contributed by atoms with E-state index in [0.717, 1.165) is 12.8 Å². The van der Waals surface area contributed by atoms with Crippen molar-refractivity contribution in [1.29, 1.82) is 5.26 Å². The molecule has 0 aliphatic heterocycles. The predicted molar refractivity (Wildman–Crippen MR) is 59.3 cm³/mol. The molecule has 0 aromatic carbocycles. The fourth-order valence-electron chi connectivity index (χ4n) is 3.79. The lowest BCUT2D eigenvalue weighted by atomic mass is 9.70. The van der Waals surface area contributed by atoms with Crippen molar-refractivity contribution in [2.24, 2.45) is 16.7 Å². The standard InChI is InChI=1S/C13H19NO2/c1-12(2)9-4-6-13(3,8-9)11(12)16-10(15)5-7-14/h9,11H,4-6,8H2,1-3H3. The summed E-state index contributed by atoms with van der Waals surface area (Å²) in [4.78, 5) is 11.5. The minimum Gasteiger partial charge on any atom is -0.460 e. The maximum absolute atomic E-state index is 11.5. The molecule has 0 saturated heterocycles. The van der Waals surface area contributed by atoms with Crippen LogP contribution in [0, 0.1) is 28.1 Å². The topological polar surface area (TPSA) is 50.1 Å². The van der Waals surface area contributed by atoms with Crippen molar-refractivity contribution in [3.8, 4) is 6.07 Å². The summed E-state index contributed by atoms with van der Waals surface area (Å²) in [5.41, 5.74) is 0.206. The number of hydrogen-bond acceptors (Lipinski definition) is 3. The van der Waals surface area contributed by atoms with Crippen molar-refractivity contribution in [3.05, 3.63) is 0 Å². The molecular formula is C13H19NO2. The second kappa shape index (κ2) is 3.48. The smallest absolute Gasteiger partial charge is 0.320 e. The van der Waals surface area contributed by atoms with Gasteiger partial charge in [-0.25, -0.2) is 0 Å². The first kappa shape index (κ1) is 11.4. The molecule has 3 heteroatoms. The maximum atomic E-state index is 11.5. The van der Waals surface area contributed by atoms with Crippen molar-refractivity contribution in [2.75, 3.05) is 0 Å². The van der Waals surface area contributed by atoms with Crippen molar-refractivity contribution >= 4 is 5.97 Å². The SMILES string of the molecule is CC12CCC(C1)C(C)(C)C2OC(=O)CC#N. The summed E-state index contributed by atoms with van der Waals surface area (Å²) in [5, 5.41) is 8.49. The Morgan fingerprint density at radius 1 is 1.50 bits per heavy atom. The zero-order chi connectivity index (χ0) is 12.0. The van der Waals surface area contributed by atoms with Gasteiger partial charge < -0.3 is 4.74 Å². The molecule has 2 aliphatic carbocycles. The Bertz CT molecular complexity index is 351. The Morgan fingerprint density at radius 2 is 2.19 bits per heavy atom. The Hall–Kier alpha value is -1.04. The van der Waals surface area contributed by atoms with Crippen LogP contribution < -0.4 is 0 Å². The lowest BCUT2D eigenvalue weighted by Crippen LogP contribution is -2.43. The quantitative estimate of drug-likeness (QED) is 0.673. The van der Waals surface area contributed by atoms with Gasteiger partial charge in [-0.15, -0.1) is 0 Å². The Balaban J connectivity index is 2.14. The van der Waals surface area contributed by atoms with Crippen molar-refractivity contribution < 1.29 is 9.53 Å². The van der Waals surface area contributed by atoms with Crippen molar-refractivity contribution in [3.63, 3.8) is 0 Å². The number of carbonyl (C=O) groups is 1. The van der Waals surface area contributed by atoms with Gasteiger partial charge in [0, 0.05) is 10.8 Å². The molecule has 2 fully saturated rings. The molecule has 0 heterocycles. The zero-order valence-corrected chi connectivity index (χ0v) is 10.2. The number of carbonyl (C=O) groups excluding carboxylic acids is 1. The molecule has 16 heavy (non-hydrogen) atoms. The highest BCUT2D eigenvalue weighted by Gasteiger charge is 2.61. The van der Waals surface area contributed by atoms with Gasteiger partial charge in [0.05, 0.1) is 6.07 Å². The molecule has 0 spiro atoms. The Labute approximate surface area is 96.8 Å². The van der Waals surface area contributed by atoms with Crippen molar-refractivity contribution in [2.45, 2.75) is 52.6 Å². The van der Waals surface area contributed by atoms with Crippen LogP contribution in [-0.4, -0.2) is 12.1 Å². The van der Waals surface area contributed by atoms with E-state index in [1.54, 1.807) is 0 Å². The second-order valence-corrected chi connectivity index (χ2v) is 6.12. The predicted octanol–water partition coefficient (Wildman–Crippen LogP) is 2.66. The van der Waals surface area contributed by atoms with Crippen LogP contribution >= 0.6 is 0 Å². The molecular weight excluding hydrogens is 202 g/mol. The summed E-state index contributed by atoms with van der Waals surface area (Å²) >= 11 is 0. The number of nitriles is 1. The van der Waals surface area contributed by atoms with Crippen LogP contribution in [0.25, 0.3) is 0 Å². The third-order valence-corrected chi connectivity index (χ3v) is 4.61. The van der Waals surface area contributed by atoms with Crippen molar-refractivity contribution in [1.82, 2.24) is 0 Å². The van der Waals surface area contributed by atoms with Gasteiger partial charge in [-0.2, -0.15) is 5.26 Å². The maximum Gasteiger partial charge on any atom is 0.320 e. The van der Waals surface area contributed by atoms with E-state index in [4.69, 9.17) is 10.00 Å². The normalized spacial score (nSPS) is 39.4. The van der Waals surface area contributed by atoms with Crippen LogP contribution in [0.1, 0.15) is 46.5 Å². The Morgan fingerprint density at radius 3 is 2.69 bits per heavy atom. The molecule has 2 bridgehead atoms. The van der Waals surface area contributed by atoms with E-state index < -0.39 is 0 Å². The molecule has 3 atom stereocenters. The fraction of sp³-hybridized carbons (Fsp3) is 0.846. The van der Waals surface area contributed by atoms with Crippen LogP contribution in [0.15, 0.2) is 0 Å². The number of rotatable bonds is 2. The minimum atomic E-state index is -0.366. The molecule has 0 amide bonds. The highest BCUT2D eigenvalue weighted by atomic mass is 16.5. The van der Waals surface area contributed by atoms with Crippen LogP contribution in [0.5, 0.6) is 0 Å². The van der Waals surface area contributed by atoms with Crippen LogP contribution in [0.3, 0.4) is 0 Å². The van der Waals surface area contributed by atoms with Gasteiger partial charge in [0.15, 0.2) is 0 Å². The minimum absolute atomic E-state index is 0.0143. The van der Waals surface area contributed by atoms with E-state index in [1.807, 2.05) is 6.07 Å². The molecule has 3 unspecified atom stereocenters. The van der Waals surface area contributed by atoms with Gasteiger partial charge in [0.1, 0.15) is 12.5 Å².